The zero-order valence-corrected chi connectivity index (χ0v) is 16.0. The fourth-order valence-corrected chi connectivity index (χ4v) is 3.31. The van der Waals surface area contributed by atoms with Gasteiger partial charge in [-0.15, -0.1) is 0 Å². The highest BCUT2D eigenvalue weighted by atomic mass is 32.2. The van der Waals surface area contributed by atoms with E-state index >= 15 is 0 Å². The number of carbonyl (C=O) groups is 1. The van der Waals surface area contributed by atoms with Crippen LogP contribution in [0.2, 0.25) is 0 Å². The topological polar surface area (TPSA) is 80.9 Å². The molecule has 4 rings (SSSR count). The van der Waals surface area contributed by atoms with E-state index in [-0.39, 0.29) is 5.91 Å². The third-order valence-corrected chi connectivity index (χ3v) is 5.54. The fourth-order valence-electron chi connectivity index (χ4n) is 2.66. The van der Waals surface area contributed by atoms with Gasteiger partial charge in [-0.1, -0.05) is 29.1 Å². The van der Waals surface area contributed by atoms with Crippen molar-refractivity contribution in [2.75, 3.05) is 11.1 Å². The number of anilines is 1. The molecule has 1 saturated carbocycles. The Balaban J connectivity index is 1.34. The van der Waals surface area contributed by atoms with Gasteiger partial charge in [-0.3, -0.25) is 4.79 Å². The van der Waals surface area contributed by atoms with Crippen LogP contribution in [0.4, 0.5) is 5.69 Å². The zero-order chi connectivity index (χ0) is 18.8. The maximum Gasteiger partial charge on any atom is 0.259 e. The van der Waals surface area contributed by atoms with Gasteiger partial charge in [-0.2, -0.15) is 4.98 Å². The van der Waals surface area contributed by atoms with Crippen LogP contribution in [0.15, 0.2) is 46.1 Å². The Bertz CT molecular complexity index is 964. The first kappa shape index (κ1) is 17.7. The highest BCUT2D eigenvalue weighted by Gasteiger charge is 2.29. The average Bonchev–Trinajstić information content (AvgIpc) is 3.41. The molecule has 0 unspecified atom stereocenters. The van der Waals surface area contributed by atoms with E-state index in [2.05, 4.69) is 20.4 Å². The largest absolute Gasteiger partial charge is 0.334 e. The summed E-state index contributed by atoms with van der Waals surface area (Å²) < 4.78 is 5.31. The molecular formula is C20H20N4O2S. The normalized spacial score (nSPS) is 13.6. The molecule has 0 atom stereocenters. The van der Waals surface area contributed by atoms with Gasteiger partial charge in [0.25, 0.3) is 5.89 Å². The summed E-state index contributed by atoms with van der Waals surface area (Å²) in [7, 11) is 0. The molecule has 7 heteroatoms. The standard InChI is InChI=1S/C20H20N4O2S/c1-12-4-3-5-16(13(12)2)22-17(25)11-27-18-9-8-15(10-21-18)20-23-19(24-26-20)14-6-7-14/h3-5,8-10,14H,6-7,11H2,1-2H3,(H,22,25). The number of nitrogens with one attached hydrogen (secondary N) is 1. The van der Waals surface area contributed by atoms with Gasteiger partial charge >= 0.3 is 0 Å². The number of amides is 1. The van der Waals surface area contributed by atoms with Crippen LogP contribution in [-0.2, 0) is 4.79 Å². The lowest BCUT2D eigenvalue weighted by atomic mass is 10.1. The molecule has 1 aromatic carbocycles. The molecule has 0 saturated heterocycles. The molecule has 0 aliphatic heterocycles. The van der Waals surface area contributed by atoms with Crippen molar-refractivity contribution in [1.29, 1.82) is 0 Å². The van der Waals surface area contributed by atoms with Crippen molar-refractivity contribution in [3.8, 4) is 11.5 Å². The number of rotatable bonds is 6. The Hall–Kier alpha value is -2.67. The molecule has 1 N–H and O–H groups in total. The van der Waals surface area contributed by atoms with Crippen LogP contribution < -0.4 is 5.32 Å². The quantitative estimate of drug-likeness (QED) is 0.640. The number of pyridine rings is 1. The third kappa shape index (κ3) is 4.19. The number of nitrogens with zero attached hydrogens (tertiary/aromatic N) is 3. The van der Waals surface area contributed by atoms with Crippen LogP contribution >= 0.6 is 11.8 Å². The molecule has 0 bridgehead atoms. The number of hydrogen-bond donors (Lipinski definition) is 1. The summed E-state index contributed by atoms with van der Waals surface area (Å²) in [5.41, 5.74) is 3.89. The fraction of sp³-hybridized carbons (Fsp3) is 0.300. The Labute approximate surface area is 161 Å². The van der Waals surface area contributed by atoms with Crippen molar-refractivity contribution in [3.63, 3.8) is 0 Å². The molecule has 0 spiro atoms. The maximum atomic E-state index is 12.2. The van der Waals surface area contributed by atoms with Crippen molar-refractivity contribution >= 4 is 23.4 Å². The van der Waals surface area contributed by atoms with Gasteiger partial charge in [0.05, 0.1) is 16.3 Å². The second kappa shape index (κ2) is 7.52. The van der Waals surface area contributed by atoms with Crippen LogP contribution in [0, 0.1) is 13.8 Å². The summed E-state index contributed by atoms with van der Waals surface area (Å²) in [6, 6.07) is 9.65. The van der Waals surface area contributed by atoms with Gasteiger partial charge in [-0.05, 0) is 56.0 Å². The number of carbonyl (C=O) groups excluding carboxylic acids is 1. The van der Waals surface area contributed by atoms with E-state index in [1.165, 1.54) is 11.8 Å². The second-order valence-corrected chi connectivity index (χ2v) is 7.70. The molecule has 138 valence electrons. The minimum Gasteiger partial charge on any atom is -0.334 e. The summed E-state index contributed by atoms with van der Waals surface area (Å²) in [5.74, 6) is 1.98. The first-order valence-electron chi connectivity index (χ1n) is 8.89. The Morgan fingerprint density at radius 3 is 2.85 bits per heavy atom. The number of benzene rings is 1. The van der Waals surface area contributed by atoms with Gasteiger partial charge in [0.1, 0.15) is 0 Å². The molecular weight excluding hydrogens is 360 g/mol. The van der Waals surface area contributed by atoms with E-state index in [1.807, 2.05) is 44.2 Å². The van der Waals surface area contributed by atoms with Crippen LogP contribution in [0.3, 0.4) is 0 Å². The molecule has 1 amide bonds. The molecule has 0 radical (unpaired) electrons. The minimum atomic E-state index is -0.0504. The van der Waals surface area contributed by atoms with Crippen molar-refractivity contribution in [2.45, 2.75) is 37.6 Å². The van der Waals surface area contributed by atoms with E-state index in [1.54, 1.807) is 6.20 Å². The van der Waals surface area contributed by atoms with E-state index in [0.717, 1.165) is 46.1 Å². The SMILES string of the molecule is Cc1cccc(NC(=O)CSc2ccc(-c3nc(C4CC4)no3)cn2)c1C. The van der Waals surface area contributed by atoms with Crippen LogP contribution in [0.25, 0.3) is 11.5 Å². The van der Waals surface area contributed by atoms with Gasteiger partial charge in [0, 0.05) is 17.8 Å². The molecule has 1 aliphatic rings. The lowest BCUT2D eigenvalue weighted by Gasteiger charge is -2.10. The molecule has 2 aromatic heterocycles. The monoisotopic (exact) mass is 380 g/mol. The Morgan fingerprint density at radius 2 is 2.11 bits per heavy atom. The van der Waals surface area contributed by atoms with Gasteiger partial charge in [0.15, 0.2) is 5.82 Å². The van der Waals surface area contributed by atoms with Gasteiger partial charge < -0.3 is 9.84 Å². The number of aromatic nitrogens is 3. The molecule has 2 heterocycles. The van der Waals surface area contributed by atoms with E-state index in [0.29, 0.717) is 17.6 Å². The van der Waals surface area contributed by atoms with Crippen LogP contribution in [0.1, 0.15) is 35.7 Å². The predicted octanol–water partition coefficient (Wildman–Crippen LogP) is 4.36. The summed E-state index contributed by atoms with van der Waals surface area (Å²) in [5, 5.41) is 7.75. The molecule has 27 heavy (non-hydrogen) atoms. The summed E-state index contributed by atoms with van der Waals surface area (Å²) >= 11 is 1.39. The average molecular weight is 380 g/mol. The minimum absolute atomic E-state index is 0.0504. The molecule has 3 aromatic rings. The number of thioether (sulfide) groups is 1. The maximum absolute atomic E-state index is 12.2. The van der Waals surface area contributed by atoms with Crippen molar-refractivity contribution in [1.82, 2.24) is 15.1 Å². The highest BCUT2D eigenvalue weighted by Crippen LogP contribution is 2.38. The van der Waals surface area contributed by atoms with E-state index in [4.69, 9.17) is 4.52 Å². The highest BCUT2D eigenvalue weighted by molar-refractivity contribution is 7.99. The summed E-state index contributed by atoms with van der Waals surface area (Å²) in [6.45, 7) is 4.03. The number of hydrogen-bond acceptors (Lipinski definition) is 6. The molecule has 6 nitrogen and oxygen atoms in total. The lowest BCUT2D eigenvalue weighted by Crippen LogP contribution is -2.15. The van der Waals surface area contributed by atoms with E-state index in [9.17, 15) is 4.79 Å². The first-order valence-corrected chi connectivity index (χ1v) is 9.87. The molecule has 1 fully saturated rings. The van der Waals surface area contributed by atoms with Crippen LogP contribution in [0.5, 0.6) is 0 Å². The lowest BCUT2D eigenvalue weighted by molar-refractivity contribution is -0.113. The Morgan fingerprint density at radius 1 is 1.26 bits per heavy atom. The second-order valence-electron chi connectivity index (χ2n) is 6.70. The van der Waals surface area contributed by atoms with Crippen LogP contribution in [-0.4, -0.2) is 26.8 Å². The zero-order valence-electron chi connectivity index (χ0n) is 15.2. The van der Waals surface area contributed by atoms with Crippen molar-refractivity contribution in [2.24, 2.45) is 0 Å². The Kier molecular flexibility index (Phi) is 4.94. The smallest absolute Gasteiger partial charge is 0.259 e. The van der Waals surface area contributed by atoms with Gasteiger partial charge in [-0.25, -0.2) is 4.98 Å². The predicted molar refractivity (Wildman–Crippen MR) is 105 cm³/mol. The first-order chi connectivity index (χ1) is 13.1. The van der Waals surface area contributed by atoms with Crippen molar-refractivity contribution < 1.29 is 9.32 Å². The van der Waals surface area contributed by atoms with Crippen molar-refractivity contribution in [3.05, 3.63) is 53.5 Å². The summed E-state index contributed by atoms with van der Waals surface area (Å²) in [6.07, 6.45) is 3.98. The third-order valence-electron chi connectivity index (χ3n) is 4.60. The summed E-state index contributed by atoms with van der Waals surface area (Å²) in [4.78, 5) is 21.0. The van der Waals surface area contributed by atoms with E-state index < -0.39 is 0 Å². The van der Waals surface area contributed by atoms with Gasteiger partial charge in [0.2, 0.25) is 5.91 Å². The number of aryl methyl sites for hydroxylation is 1. The molecule has 1 aliphatic carbocycles.